The maximum Gasteiger partial charge on any atom is 0.369 e. The van der Waals surface area contributed by atoms with Gasteiger partial charge >= 0.3 is 5.69 Å². The van der Waals surface area contributed by atoms with E-state index in [4.69, 9.17) is 16.3 Å². The van der Waals surface area contributed by atoms with E-state index in [9.17, 15) is 14.9 Å². The van der Waals surface area contributed by atoms with Crippen molar-refractivity contribution >= 4 is 28.9 Å². The van der Waals surface area contributed by atoms with E-state index in [2.05, 4.69) is 5.10 Å². The number of hydrogen-bond acceptors (Lipinski definition) is 5. The third kappa shape index (κ3) is 3.17. The van der Waals surface area contributed by atoms with Gasteiger partial charge in [0.1, 0.15) is 0 Å². The molecule has 0 saturated heterocycles. The fraction of sp³-hybridized carbons (Fsp3) is 0.231. The van der Waals surface area contributed by atoms with E-state index in [0.717, 1.165) is 4.68 Å². The Labute approximate surface area is 131 Å². The quantitative estimate of drug-likeness (QED) is 0.620. The summed E-state index contributed by atoms with van der Waals surface area (Å²) in [4.78, 5) is 23.7. The minimum absolute atomic E-state index is 0.162. The predicted octanol–water partition coefficient (Wildman–Crippen LogP) is 2.02. The number of aryl methyl sites for hydroxylation is 1. The third-order valence-electron chi connectivity index (χ3n) is 2.96. The van der Waals surface area contributed by atoms with Gasteiger partial charge in [0.05, 0.1) is 4.92 Å². The van der Waals surface area contributed by atoms with Crippen LogP contribution in [0, 0.1) is 10.1 Å². The topological polar surface area (TPSA) is 90.5 Å². The van der Waals surface area contributed by atoms with Gasteiger partial charge in [0.25, 0.3) is 11.8 Å². The number of carbonyl (C=O) groups is 1. The number of para-hydroxylation sites is 1. The predicted molar refractivity (Wildman–Crippen MR) is 80.2 cm³/mol. The van der Waals surface area contributed by atoms with Gasteiger partial charge in [0.2, 0.25) is 5.15 Å². The maximum absolute atomic E-state index is 12.1. The zero-order valence-electron chi connectivity index (χ0n) is 11.9. The van der Waals surface area contributed by atoms with Crippen molar-refractivity contribution in [2.24, 2.45) is 7.05 Å². The zero-order chi connectivity index (χ0) is 16.3. The van der Waals surface area contributed by atoms with E-state index in [1.165, 1.54) is 11.9 Å². The summed E-state index contributed by atoms with van der Waals surface area (Å²) in [5, 5.41) is 14.4. The lowest BCUT2D eigenvalue weighted by molar-refractivity contribution is -0.385. The van der Waals surface area contributed by atoms with Crippen molar-refractivity contribution in [2.45, 2.75) is 0 Å². The number of anilines is 1. The Morgan fingerprint density at radius 1 is 1.45 bits per heavy atom. The summed E-state index contributed by atoms with van der Waals surface area (Å²) >= 11 is 5.67. The molecule has 9 heteroatoms. The first-order valence-electron chi connectivity index (χ1n) is 6.23. The molecule has 1 aromatic heterocycles. The van der Waals surface area contributed by atoms with Gasteiger partial charge in [0.15, 0.2) is 6.61 Å². The van der Waals surface area contributed by atoms with Crippen molar-refractivity contribution in [3.05, 3.63) is 45.6 Å². The molecule has 1 aromatic carbocycles. The van der Waals surface area contributed by atoms with Crippen LogP contribution in [0.25, 0.3) is 0 Å². The number of halogens is 1. The van der Waals surface area contributed by atoms with Crippen molar-refractivity contribution in [2.75, 3.05) is 18.6 Å². The summed E-state index contributed by atoms with van der Waals surface area (Å²) in [7, 11) is 3.03. The van der Waals surface area contributed by atoms with Gasteiger partial charge in [-0.3, -0.25) is 14.9 Å². The van der Waals surface area contributed by atoms with E-state index in [-0.39, 0.29) is 23.5 Å². The number of rotatable bonds is 5. The molecule has 0 aliphatic carbocycles. The number of amides is 1. The summed E-state index contributed by atoms with van der Waals surface area (Å²) in [5.41, 5.74) is 0.230. The number of benzene rings is 1. The third-order valence-corrected chi connectivity index (χ3v) is 3.22. The lowest BCUT2D eigenvalue weighted by atomic mass is 10.3. The Balaban J connectivity index is 2.11. The highest BCUT2D eigenvalue weighted by Gasteiger charge is 2.28. The van der Waals surface area contributed by atoms with Crippen LogP contribution in [0.2, 0.25) is 5.15 Å². The van der Waals surface area contributed by atoms with Gasteiger partial charge in [-0.05, 0) is 12.1 Å². The van der Waals surface area contributed by atoms with Gasteiger partial charge in [-0.15, -0.1) is 0 Å². The normalized spacial score (nSPS) is 10.3. The molecule has 0 N–H and O–H groups in total. The maximum atomic E-state index is 12.1. The van der Waals surface area contributed by atoms with Crippen molar-refractivity contribution in [3.8, 4) is 5.88 Å². The molecular formula is C13H13ClN4O4. The van der Waals surface area contributed by atoms with Gasteiger partial charge < -0.3 is 9.64 Å². The molecule has 1 amide bonds. The first kappa shape index (κ1) is 15.8. The van der Waals surface area contributed by atoms with Crippen molar-refractivity contribution < 1.29 is 14.5 Å². The molecule has 0 spiro atoms. The standard InChI is InChI=1S/C13H13ClN4O4/c1-16(9-6-4-3-5-7-9)10(19)8-22-13-11(18(20)21)12(14)15-17(13)2/h3-7H,8H2,1-2H3. The van der Waals surface area contributed by atoms with Gasteiger partial charge in [-0.25, -0.2) is 4.68 Å². The van der Waals surface area contributed by atoms with Crippen LogP contribution in [-0.4, -0.2) is 34.3 Å². The zero-order valence-corrected chi connectivity index (χ0v) is 12.6. The lowest BCUT2D eigenvalue weighted by Crippen LogP contribution is -2.31. The minimum atomic E-state index is -0.698. The van der Waals surface area contributed by atoms with Crippen LogP contribution in [-0.2, 0) is 11.8 Å². The SMILES string of the molecule is CN(C(=O)COc1c([N+](=O)[O-])c(Cl)nn1C)c1ccccc1. The van der Waals surface area contributed by atoms with Crippen LogP contribution in [0.4, 0.5) is 11.4 Å². The van der Waals surface area contributed by atoms with E-state index >= 15 is 0 Å². The van der Waals surface area contributed by atoms with Gasteiger partial charge in [0, 0.05) is 19.8 Å². The summed E-state index contributed by atoms with van der Waals surface area (Å²) < 4.78 is 6.36. The number of nitrogens with zero attached hydrogens (tertiary/aromatic N) is 4. The monoisotopic (exact) mass is 324 g/mol. The molecule has 0 radical (unpaired) electrons. The summed E-state index contributed by atoms with van der Waals surface area (Å²) in [6.45, 7) is -0.373. The summed E-state index contributed by atoms with van der Waals surface area (Å²) in [5.74, 6) is -0.525. The first-order valence-corrected chi connectivity index (χ1v) is 6.61. The Morgan fingerprint density at radius 2 is 2.09 bits per heavy atom. The van der Waals surface area contributed by atoms with Crippen LogP contribution in [0.1, 0.15) is 0 Å². The summed E-state index contributed by atoms with van der Waals surface area (Å²) in [6.07, 6.45) is 0. The van der Waals surface area contributed by atoms with Crippen molar-refractivity contribution in [3.63, 3.8) is 0 Å². The molecule has 0 atom stereocenters. The van der Waals surface area contributed by atoms with Gasteiger partial charge in [-0.2, -0.15) is 5.10 Å². The van der Waals surface area contributed by atoms with Crippen LogP contribution in [0.3, 0.4) is 0 Å². The molecule has 116 valence electrons. The summed E-state index contributed by atoms with van der Waals surface area (Å²) in [6, 6.07) is 8.96. The van der Waals surface area contributed by atoms with E-state index < -0.39 is 10.6 Å². The molecule has 22 heavy (non-hydrogen) atoms. The fourth-order valence-corrected chi connectivity index (χ4v) is 2.07. The molecule has 2 rings (SSSR count). The Hall–Kier alpha value is -2.61. The molecule has 0 fully saturated rings. The average molecular weight is 325 g/mol. The Kier molecular flexibility index (Phi) is 4.62. The Morgan fingerprint density at radius 3 is 2.68 bits per heavy atom. The van der Waals surface area contributed by atoms with Crippen LogP contribution < -0.4 is 9.64 Å². The lowest BCUT2D eigenvalue weighted by Gasteiger charge is -2.17. The Bertz CT molecular complexity index is 702. The molecule has 0 unspecified atom stereocenters. The number of carbonyl (C=O) groups excluding carboxylic acids is 1. The van der Waals surface area contributed by atoms with Crippen molar-refractivity contribution in [1.29, 1.82) is 0 Å². The van der Waals surface area contributed by atoms with E-state index in [1.54, 1.807) is 31.3 Å². The largest absolute Gasteiger partial charge is 0.463 e. The number of nitro groups is 1. The van der Waals surface area contributed by atoms with Crippen LogP contribution in [0.15, 0.2) is 30.3 Å². The highest BCUT2D eigenvalue weighted by molar-refractivity contribution is 6.31. The molecule has 2 aromatic rings. The number of hydrogen-bond donors (Lipinski definition) is 0. The van der Waals surface area contributed by atoms with Crippen LogP contribution in [0.5, 0.6) is 5.88 Å². The van der Waals surface area contributed by atoms with E-state index in [0.29, 0.717) is 5.69 Å². The molecular weight excluding hydrogens is 312 g/mol. The average Bonchev–Trinajstić information content (AvgIpc) is 2.78. The highest BCUT2D eigenvalue weighted by Crippen LogP contribution is 2.33. The second kappa shape index (κ2) is 6.44. The minimum Gasteiger partial charge on any atom is -0.463 e. The molecule has 8 nitrogen and oxygen atoms in total. The second-order valence-corrected chi connectivity index (χ2v) is 4.76. The van der Waals surface area contributed by atoms with Crippen LogP contribution >= 0.6 is 11.6 Å². The van der Waals surface area contributed by atoms with Crippen molar-refractivity contribution in [1.82, 2.24) is 9.78 Å². The van der Waals surface area contributed by atoms with E-state index in [1.807, 2.05) is 6.07 Å². The molecule has 0 aliphatic rings. The molecule has 0 saturated carbocycles. The highest BCUT2D eigenvalue weighted by atomic mass is 35.5. The fourth-order valence-electron chi connectivity index (χ4n) is 1.80. The first-order chi connectivity index (χ1) is 10.4. The number of likely N-dealkylation sites (N-methyl/N-ethyl adjacent to an activating group) is 1. The van der Waals surface area contributed by atoms with Gasteiger partial charge in [-0.1, -0.05) is 29.8 Å². The molecule has 1 heterocycles. The molecule has 0 bridgehead atoms. The second-order valence-electron chi connectivity index (χ2n) is 4.40. The number of aromatic nitrogens is 2. The molecule has 0 aliphatic heterocycles. The number of ether oxygens (including phenoxy) is 1. The smallest absolute Gasteiger partial charge is 0.369 e.